The first-order chi connectivity index (χ1) is 19.6. The lowest BCUT2D eigenvalue weighted by Crippen LogP contribution is -2.18. The van der Waals surface area contributed by atoms with Crippen molar-refractivity contribution in [2.75, 3.05) is 0 Å². The van der Waals surface area contributed by atoms with Crippen LogP contribution in [0.5, 0.6) is 5.75 Å². The van der Waals surface area contributed by atoms with Gasteiger partial charge in [-0.3, -0.25) is 4.57 Å². The van der Waals surface area contributed by atoms with Gasteiger partial charge in [0.15, 0.2) is 5.82 Å². The largest absolute Gasteiger partial charge is 0.573 e. The number of rotatable bonds is 5. The molecule has 206 valence electrons. The van der Waals surface area contributed by atoms with Gasteiger partial charge in [-0.15, -0.1) is 13.2 Å². The minimum absolute atomic E-state index is 0.0235. The number of nitrogens with zero attached hydrogens (tertiary/aromatic N) is 4. The Morgan fingerprint density at radius 3 is 2.63 bits per heavy atom. The molecule has 1 aromatic carbocycles. The van der Waals surface area contributed by atoms with Gasteiger partial charge in [-0.05, 0) is 63.1 Å². The molecule has 8 nitrogen and oxygen atoms in total. The van der Waals surface area contributed by atoms with Crippen LogP contribution in [0.4, 0.5) is 13.2 Å². The van der Waals surface area contributed by atoms with Crippen LogP contribution in [-0.2, 0) is 0 Å². The minimum atomic E-state index is -5.06. The van der Waals surface area contributed by atoms with Gasteiger partial charge in [0.05, 0.1) is 16.8 Å². The molecule has 0 atom stereocenters. The van der Waals surface area contributed by atoms with Crippen LogP contribution in [0.15, 0.2) is 59.5 Å². The van der Waals surface area contributed by atoms with Crippen molar-refractivity contribution in [1.29, 1.82) is 0 Å². The van der Waals surface area contributed by atoms with Crippen LogP contribution in [0.2, 0.25) is 0 Å². The Kier molecular flexibility index (Phi) is 6.26. The SMILES string of the molecule is Cc1noc(C)c1-c1cnc2c(c1)c(-c1ccc(C(=O)O)cc1OC(F)(F)F)cn2-c1ncccc1C#CC1CC1. The summed E-state index contributed by atoms with van der Waals surface area (Å²) in [6.45, 7) is 3.53. The third-order valence-electron chi connectivity index (χ3n) is 6.71. The fourth-order valence-electron chi connectivity index (χ4n) is 4.70. The Labute approximate surface area is 231 Å². The number of hydrogen-bond acceptors (Lipinski definition) is 6. The van der Waals surface area contributed by atoms with Gasteiger partial charge < -0.3 is 14.4 Å². The average Bonchev–Trinajstić information content (AvgIpc) is 3.60. The summed E-state index contributed by atoms with van der Waals surface area (Å²) in [6.07, 6.45) is 1.87. The summed E-state index contributed by atoms with van der Waals surface area (Å²) in [5.41, 5.74) is 3.01. The first-order valence-electron chi connectivity index (χ1n) is 12.6. The van der Waals surface area contributed by atoms with Gasteiger partial charge in [0.2, 0.25) is 0 Å². The van der Waals surface area contributed by atoms with Gasteiger partial charge in [-0.1, -0.05) is 17.0 Å². The number of ether oxygens (including phenoxy) is 1. The Bertz CT molecular complexity index is 1870. The molecule has 41 heavy (non-hydrogen) atoms. The number of benzene rings is 1. The quantitative estimate of drug-likeness (QED) is 0.239. The summed E-state index contributed by atoms with van der Waals surface area (Å²) >= 11 is 0. The smallest absolute Gasteiger partial charge is 0.478 e. The van der Waals surface area contributed by atoms with Crippen LogP contribution >= 0.6 is 0 Å². The van der Waals surface area contributed by atoms with Crippen LogP contribution in [0.25, 0.3) is 39.1 Å². The third-order valence-corrected chi connectivity index (χ3v) is 6.71. The zero-order valence-corrected chi connectivity index (χ0v) is 21.8. The molecule has 0 aliphatic heterocycles. The summed E-state index contributed by atoms with van der Waals surface area (Å²) in [6, 6.07) is 8.73. The molecule has 11 heteroatoms. The van der Waals surface area contributed by atoms with Gasteiger partial charge >= 0.3 is 12.3 Å². The molecule has 5 aromatic rings. The highest BCUT2D eigenvalue weighted by molar-refractivity contribution is 6.00. The maximum absolute atomic E-state index is 13.5. The van der Waals surface area contributed by atoms with E-state index in [2.05, 4.69) is 31.7 Å². The number of aryl methyl sites for hydroxylation is 2. The standard InChI is InChI=1S/C30H21F3N4O4/c1-16-26(17(2)41-36-16)21-12-23-24(22-10-9-20(29(38)39)13-25(22)40-30(31,32)33)15-37(28(23)35-14-21)27-19(4-3-11-34-27)8-7-18-5-6-18/h3-4,9-15,18H,5-6H2,1-2H3,(H,38,39). The number of carboxylic acid groups (broad SMARTS) is 1. The van der Waals surface area contributed by atoms with Gasteiger partial charge in [-0.2, -0.15) is 0 Å². The predicted molar refractivity (Wildman–Crippen MR) is 143 cm³/mol. The fourth-order valence-corrected chi connectivity index (χ4v) is 4.70. The number of halogens is 3. The van der Waals surface area contributed by atoms with Crippen molar-refractivity contribution in [3.05, 3.63) is 77.6 Å². The number of alkyl halides is 3. The van der Waals surface area contributed by atoms with Crippen molar-refractivity contribution in [2.24, 2.45) is 5.92 Å². The molecule has 1 aliphatic rings. The number of carboxylic acids is 1. The molecule has 0 saturated heterocycles. The molecule has 0 amide bonds. The lowest BCUT2D eigenvalue weighted by Gasteiger charge is -2.14. The molecule has 4 heterocycles. The number of hydrogen-bond donors (Lipinski definition) is 1. The van der Waals surface area contributed by atoms with Gasteiger partial charge in [0.25, 0.3) is 0 Å². The second-order valence-corrected chi connectivity index (χ2v) is 9.69. The molecule has 1 aliphatic carbocycles. The Morgan fingerprint density at radius 2 is 1.95 bits per heavy atom. The highest BCUT2D eigenvalue weighted by atomic mass is 19.4. The van der Waals surface area contributed by atoms with E-state index >= 15 is 0 Å². The molecule has 1 saturated carbocycles. The van der Waals surface area contributed by atoms with Crippen LogP contribution in [-0.4, -0.2) is 37.1 Å². The van der Waals surface area contributed by atoms with Crippen molar-refractivity contribution in [2.45, 2.75) is 33.1 Å². The van der Waals surface area contributed by atoms with Crippen molar-refractivity contribution >= 4 is 17.0 Å². The predicted octanol–water partition coefficient (Wildman–Crippen LogP) is 6.72. The zero-order valence-electron chi connectivity index (χ0n) is 21.8. The Hall–Kier alpha value is -5.11. The Morgan fingerprint density at radius 1 is 1.15 bits per heavy atom. The summed E-state index contributed by atoms with van der Waals surface area (Å²) < 4.78 is 51.7. The van der Waals surface area contributed by atoms with E-state index in [-0.39, 0.29) is 11.1 Å². The highest BCUT2D eigenvalue weighted by Gasteiger charge is 2.33. The monoisotopic (exact) mass is 558 g/mol. The van der Waals surface area contributed by atoms with Crippen molar-refractivity contribution in [1.82, 2.24) is 19.7 Å². The molecule has 0 bridgehead atoms. The lowest BCUT2D eigenvalue weighted by molar-refractivity contribution is -0.274. The summed E-state index contributed by atoms with van der Waals surface area (Å²) in [4.78, 5) is 20.8. The van der Waals surface area contributed by atoms with Crippen LogP contribution < -0.4 is 4.74 Å². The van der Waals surface area contributed by atoms with Crippen LogP contribution in [0.1, 0.15) is 40.2 Å². The van der Waals surface area contributed by atoms with E-state index in [1.54, 1.807) is 49.1 Å². The van der Waals surface area contributed by atoms with Gasteiger partial charge in [0.1, 0.15) is 17.2 Å². The summed E-state index contributed by atoms with van der Waals surface area (Å²) in [5, 5.41) is 13.9. The second kappa shape index (κ2) is 9.82. The van der Waals surface area contributed by atoms with Crippen molar-refractivity contribution < 1.29 is 32.3 Å². The number of fused-ring (bicyclic) bond motifs is 1. The first kappa shape index (κ1) is 26.1. The number of carbonyl (C=O) groups is 1. The number of aromatic carboxylic acids is 1. The molecule has 1 N–H and O–H groups in total. The highest BCUT2D eigenvalue weighted by Crippen LogP contribution is 2.41. The third kappa shape index (κ3) is 5.12. The molecule has 1 fully saturated rings. The van der Waals surface area contributed by atoms with E-state index in [0.717, 1.165) is 18.9 Å². The van der Waals surface area contributed by atoms with E-state index in [1.807, 2.05) is 6.07 Å². The van der Waals surface area contributed by atoms with Crippen LogP contribution in [0, 0.1) is 31.6 Å². The van der Waals surface area contributed by atoms with Gasteiger partial charge in [0, 0.05) is 52.1 Å². The maximum atomic E-state index is 13.5. The molecule has 0 radical (unpaired) electrons. The zero-order chi connectivity index (χ0) is 28.9. The number of aromatic nitrogens is 4. The van der Waals surface area contributed by atoms with Crippen molar-refractivity contribution in [3.8, 4) is 45.7 Å². The normalized spacial score (nSPS) is 13.2. The fraction of sp³-hybridized carbons (Fsp3) is 0.200. The molecular weight excluding hydrogens is 537 g/mol. The van der Waals surface area contributed by atoms with E-state index in [1.165, 1.54) is 12.1 Å². The molecule has 0 unspecified atom stereocenters. The van der Waals surface area contributed by atoms with Crippen LogP contribution in [0.3, 0.4) is 0 Å². The lowest BCUT2D eigenvalue weighted by atomic mass is 10.00. The van der Waals surface area contributed by atoms with Crippen molar-refractivity contribution in [3.63, 3.8) is 0 Å². The topological polar surface area (TPSA) is 103 Å². The van der Waals surface area contributed by atoms with E-state index in [4.69, 9.17) is 4.52 Å². The summed E-state index contributed by atoms with van der Waals surface area (Å²) in [7, 11) is 0. The molecule has 4 aromatic heterocycles. The summed E-state index contributed by atoms with van der Waals surface area (Å²) in [5.74, 6) is 5.70. The first-order valence-corrected chi connectivity index (χ1v) is 12.6. The second-order valence-electron chi connectivity index (χ2n) is 9.69. The van der Waals surface area contributed by atoms with Gasteiger partial charge in [-0.25, -0.2) is 14.8 Å². The average molecular weight is 559 g/mol. The van der Waals surface area contributed by atoms with E-state index < -0.39 is 18.1 Å². The maximum Gasteiger partial charge on any atom is 0.573 e. The number of pyridine rings is 2. The van der Waals surface area contributed by atoms with E-state index in [0.29, 0.717) is 56.5 Å². The molecule has 0 spiro atoms. The molecule has 6 rings (SSSR count). The molecular formula is C30H21F3N4O4. The van der Waals surface area contributed by atoms with E-state index in [9.17, 15) is 23.1 Å². The Balaban J connectivity index is 1.63. The minimum Gasteiger partial charge on any atom is -0.478 e.